The third-order valence-electron chi connectivity index (χ3n) is 5.70. The van der Waals surface area contributed by atoms with Crippen LogP contribution in [0.4, 0.5) is 5.82 Å². The molecule has 0 aliphatic carbocycles. The van der Waals surface area contributed by atoms with Crippen molar-refractivity contribution in [1.29, 1.82) is 0 Å². The highest BCUT2D eigenvalue weighted by atomic mass is 16.5. The fourth-order valence-electron chi connectivity index (χ4n) is 4.19. The van der Waals surface area contributed by atoms with Crippen LogP contribution in [-0.2, 0) is 17.9 Å². The summed E-state index contributed by atoms with van der Waals surface area (Å²) in [7, 11) is 0. The summed E-state index contributed by atoms with van der Waals surface area (Å²) in [6, 6.07) is 4.14. The number of hydrogen-bond acceptors (Lipinski definition) is 6. The van der Waals surface area contributed by atoms with Gasteiger partial charge in [0.2, 0.25) is 5.91 Å². The first kappa shape index (κ1) is 17.0. The second-order valence-corrected chi connectivity index (χ2v) is 7.44. The van der Waals surface area contributed by atoms with Gasteiger partial charge in [0.15, 0.2) is 0 Å². The lowest BCUT2D eigenvalue weighted by molar-refractivity contribution is -0.140. The number of pyridine rings is 1. The van der Waals surface area contributed by atoms with Crippen molar-refractivity contribution in [2.75, 3.05) is 18.8 Å². The number of aromatic nitrogens is 2. The minimum Gasteiger partial charge on any atom is -0.383 e. The molecular weight excluding hydrogens is 330 g/mol. The summed E-state index contributed by atoms with van der Waals surface area (Å²) in [5.74, 6) is 1.67. The maximum atomic E-state index is 13.0. The van der Waals surface area contributed by atoms with Crippen molar-refractivity contribution in [2.24, 2.45) is 5.92 Å². The van der Waals surface area contributed by atoms with Gasteiger partial charge in [0, 0.05) is 43.0 Å². The van der Waals surface area contributed by atoms with Crippen LogP contribution in [0.1, 0.15) is 35.4 Å². The van der Waals surface area contributed by atoms with Gasteiger partial charge in [-0.15, -0.1) is 0 Å². The number of nitrogens with zero attached hydrogens (tertiary/aromatic N) is 4. The molecule has 2 atom stereocenters. The Bertz CT molecular complexity index is 799. The summed E-state index contributed by atoms with van der Waals surface area (Å²) in [6.07, 6.45) is 3.71. The van der Waals surface area contributed by atoms with Gasteiger partial charge in [0.05, 0.1) is 18.2 Å². The largest absolute Gasteiger partial charge is 0.383 e. The van der Waals surface area contributed by atoms with Crippen molar-refractivity contribution in [2.45, 2.75) is 45.8 Å². The number of nitrogens with two attached hydrogens (primary N) is 1. The van der Waals surface area contributed by atoms with Crippen LogP contribution in [0.25, 0.3) is 0 Å². The number of amides is 1. The van der Waals surface area contributed by atoms with Crippen molar-refractivity contribution >= 4 is 11.7 Å². The molecule has 3 aliphatic heterocycles. The Balaban J connectivity index is 1.54. The summed E-state index contributed by atoms with van der Waals surface area (Å²) in [4.78, 5) is 21.6. The van der Waals surface area contributed by atoms with Gasteiger partial charge in [-0.05, 0) is 32.8 Å². The summed E-state index contributed by atoms with van der Waals surface area (Å²) in [5.41, 5.74) is 8.94. The summed E-state index contributed by atoms with van der Waals surface area (Å²) in [6.45, 7) is 6.81. The molecule has 5 rings (SSSR count). The number of fused-ring (bicyclic) bond motifs is 4. The number of anilines is 1. The maximum absolute atomic E-state index is 13.0. The molecule has 0 unspecified atom stereocenters. The second kappa shape index (κ2) is 6.72. The molecule has 138 valence electrons. The average Bonchev–Trinajstić information content (AvgIpc) is 2.78. The molecule has 0 radical (unpaired) electrons. The quantitative estimate of drug-likeness (QED) is 0.901. The number of rotatable bonds is 4. The Morgan fingerprint density at radius 2 is 2.12 bits per heavy atom. The van der Waals surface area contributed by atoms with Crippen molar-refractivity contribution in [3.8, 4) is 0 Å². The molecule has 3 aliphatic rings. The van der Waals surface area contributed by atoms with Gasteiger partial charge in [-0.2, -0.15) is 0 Å². The second-order valence-electron chi connectivity index (χ2n) is 7.44. The first-order valence-electron chi connectivity index (χ1n) is 9.17. The maximum Gasteiger partial charge on any atom is 0.227 e. The Kier molecular flexibility index (Phi) is 4.40. The molecule has 5 heterocycles. The number of piperidine rings is 1. The van der Waals surface area contributed by atoms with Gasteiger partial charge >= 0.3 is 0 Å². The molecule has 7 nitrogen and oxygen atoms in total. The monoisotopic (exact) mass is 355 g/mol. The van der Waals surface area contributed by atoms with Crippen LogP contribution in [0.2, 0.25) is 0 Å². The lowest BCUT2D eigenvalue weighted by Crippen LogP contribution is -2.47. The smallest absolute Gasteiger partial charge is 0.227 e. The summed E-state index contributed by atoms with van der Waals surface area (Å²) in [5, 5.41) is 4.03. The van der Waals surface area contributed by atoms with Crippen LogP contribution in [0.15, 0.2) is 22.9 Å². The Labute approximate surface area is 153 Å². The average molecular weight is 355 g/mol. The standard InChI is InChI=1S/C19H25N5O2/c1-12-17(13(2)26-22-12)11-24-16-6-5-15(19(24)25)9-23(10-16)8-14-4-3-7-21-18(14)20/h3-4,7,15-16H,5-6,8-11H2,1-2H3,(H2,20,21)/t15-,16+/m1/s1. The molecular formula is C19H25N5O2. The molecule has 7 heteroatoms. The van der Waals surface area contributed by atoms with Gasteiger partial charge < -0.3 is 15.2 Å². The van der Waals surface area contributed by atoms with Crippen LogP contribution in [0.5, 0.6) is 0 Å². The Morgan fingerprint density at radius 3 is 2.85 bits per heavy atom. The minimum atomic E-state index is 0.0483. The van der Waals surface area contributed by atoms with Crippen LogP contribution < -0.4 is 5.73 Å². The lowest BCUT2D eigenvalue weighted by Gasteiger charge is -2.36. The molecule has 0 spiro atoms. The van der Waals surface area contributed by atoms with Crippen LogP contribution in [0, 0.1) is 19.8 Å². The number of carbonyl (C=O) groups excluding carboxylic acids is 1. The summed E-state index contributed by atoms with van der Waals surface area (Å²) < 4.78 is 5.28. The van der Waals surface area contributed by atoms with E-state index in [0.717, 1.165) is 55.1 Å². The predicted octanol–water partition coefficient (Wildman–Crippen LogP) is 1.89. The van der Waals surface area contributed by atoms with Crippen molar-refractivity contribution in [3.63, 3.8) is 0 Å². The lowest BCUT2D eigenvalue weighted by atomic mass is 9.93. The van der Waals surface area contributed by atoms with Gasteiger partial charge in [-0.25, -0.2) is 4.98 Å². The zero-order valence-corrected chi connectivity index (χ0v) is 15.3. The molecule has 0 saturated carbocycles. The Hall–Kier alpha value is -2.41. The van der Waals surface area contributed by atoms with E-state index in [9.17, 15) is 4.79 Å². The first-order chi connectivity index (χ1) is 12.5. The van der Waals surface area contributed by atoms with Crippen LogP contribution >= 0.6 is 0 Å². The molecule has 2 aromatic heterocycles. The van der Waals surface area contributed by atoms with E-state index >= 15 is 0 Å². The molecule has 26 heavy (non-hydrogen) atoms. The normalized spacial score (nSPS) is 23.5. The number of carbonyl (C=O) groups is 1. The number of aryl methyl sites for hydroxylation is 2. The van der Waals surface area contributed by atoms with E-state index in [-0.39, 0.29) is 17.9 Å². The van der Waals surface area contributed by atoms with E-state index in [1.165, 1.54) is 0 Å². The number of hydrogen-bond donors (Lipinski definition) is 1. The highest BCUT2D eigenvalue weighted by molar-refractivity contribution is 5.80. The Morgan fingerprint density at radius 1 is 1.27 bits per heavy atom. The molecule has 2 aromatic rings. The zero-order chi connectivity index (χ0) is 18.3. The zero-order valence-electron chi connectivity index (χ0n) is 15.3. The number of nitrogen functional groups attached to an aromatic ring is 1. The highest BCUT2D eigenvalue weighted by Gasteiger charge is 2.41. The fourth-order valence-corrected chi connectivity index (χ4v) is 4.19. The fraction of sp³-hybridized carbons (Fsp3) is 0.526. The van der Waals surface area contributed by atoms with Crippen LogP contribution in [0.3, 0.4) is 0 Å². The van der Waals surface area contributed by atoms with Gasteiger partial charge in [-0.1, -0.05) is 11.2 Å². The molecule has 1 amide bonds. The van der Waals surface area contributed by atoms with Crippen LogP contribution in [-0.4, -0.2) is 45.0 Å². The molecule has 2 bridgehead atoms. The van der Waals surface area contributed by atoms with E-state index in [0.29, 0.717) is 12.4 Å². The third-order valence-corrected chi connectivity index (χ3v) is 5.70. The minimum absolute atomic E-state index is 0.0483. The SMILES string of the molecule is Cc1noc(C)c1CN1C(=O)[C@@H]2CC[C@H]1CN(Cc1cccnc1N)C2. The molecule has 2 N–H and O–H groups in total. The van der Waals surface area contributed by atoms with E-state index < -0.39 is 0 Å². The highest BCUT2D eigenvalue weighted by Crippen LogP contribution is 2.32. The third kappa shape index (κ3) is 3.07. The van der Waals surface area contributed by atoms with E-state index in [2.05, 4.69) is 15.0 Å². The van der Waals surface area contributed by atoms with Gasteiger partial charge in [0.25, 0.3) is 0 Å². The summed E-state index contributed by atoms with van der Waals surface area (Å²) >= 11 is 0. The van der Waals surface area contributed by atoms with Gasteiger partial charge in [0.1, 0.15) is 11.6 Å². The van der Waals surface area contributed by atoms with E-state index in [4.69, 9.17) is 10.3 Å². The van der Waals surface area contributed by atoms with Crippen molar-refractivity contribution < 1.29 is 9.32 Å². The van der Waals surface area contributed by atoms with Crippen molar-refractivity contribution in [1.82, 2.24) is 19.9 Å². The van der Waals surface area contributed by atoms with Gasteiger partial charge in [-0.3, -0.25) is 9.69 Å². The first-order valence-corrected chi connectivity index (χ1v) is 9.17. The van der Waals surface area contributed by atoms with Crippen molar-refractivity contribution in [3.05, 3.63) is 40.9 Å². The van der Waals surface area contributed by atoms with E-state index in [1.807, 2.05) is 30.9 Å². The molecule has 3 fully saturated rings. The predicted molar refractivity (Wildman–Crippen MR) is 97.0 cm³/mol. The van der Waals surface area contributed by atoms with E-state index in [1.54, 1.807) is 6.20 Å². The molecule has 0 aromatic carbocycles. The molecule has 3 saturated heterocycles. The topological polar surface area (TPSA) is 88.5 Å².